The number of hydrogen-bond acceptors (Lipinski definition) is 7. The van der Waals surface area contributed by atoms with Crippen molar-refractivity contribution in [3.63, 3.8) is 0 Å². The third-order valence-electron chi connectivity index (χ3n) is 7.78. The van der Waals surface area contributed by atoms with Gasteiger partial charge in [-0.25, -0.2) is 4.98 Å². The second-order valence-corrected chi connectivity index (χ2v) is 11.7. The molecule has 8 nitrogen and oxygen atoms in total. The van der Waals surface area contributed by atoms with E-state index in [1.54, 1.807) is 13.1 Å². The number of Topliss-reactive ketones (excluding diaryl/α,β-unsaturated/α-hetero) is 1. The van der Waals surface area contributed by atoms with Crippen molar-refractivity contribution in [2.45, 2.75) is 39.2 Å². The number of pyridine rings is 3. The molecule has 0 unspecified atom stereocenters. The van der Waals surface area contributed by atoms with Crippen molar-refractivity contribution in [2.24, 2.45) is 5.92 Å². The molecule has 0 spiro atoms. The third-order valence-corrected chi connectivity index (χ3v) is 9.00. The predicted molar refractivity (Wildman–Crippen MR) is 159 cm³/mol. The Morgan fingerprint density at radius 3 is 2.80 bits per heavy atom. The van der Waals surface area contributed by atoms with Crippen molar-refractivity contribution in [3.05, 3.63) is 71.6 Å². The number of hydrogen-bond donors (Lipinski definition) is 3. The normalized spacial score (nSPS) is 14.0. The molecule has 0 atom stereocenters. The number of aromatic amines is 2. The van der Waals surface area contributed by atoms with Crippen LogP contribution in [0.4, 0.5) is 0 Å². The summed E-state index contributed by atoms with van der Waals surface area (Å²) >= 11 is 1.50. The van der Waals surface area contributed by atoms with E-state index < -0.39 is 0 Å². The molecule has 1 aliphatic carbocycles. The highest BCUT2D eigenvalue weighted by Crippen LogP contribution is 2.36. The number of fused-ring (bicyclic) bond motifs is 2. The van der Waals surface area contributed by atoms with Crippen molar-refractivity contribution in [2.75, 3.05) is 6.54 Å². The summed E-state index contributed by atoms with van der Waals surface area (Å²) in [5.74, 6) is 0.878. The topological polar surface area (TPSA) is 112 Å². The van der Waals surface area contributed by atoms with E-state index in [9.17, 15) is 4.79 Å². The summed E-state index contributed by atoms with van der Waals surface area (Å²) in [5, 5.41) is 13.3. The quantitative estimate of drug-likeness (QED) is 0.181. The zero-order valence-electron chi connectivity index (χ0n) is 22.2. The Hall–Kier alpha value is -4.21. The van der Waals surface area contributed by atoms with Gasteiger partial charge in [0, 0.05) is 51.9 Å². The molecule has 6 aromatic heterocycles. The van der Waals surface area contributed by atoms with Crippen LogP contribution in [0, 0.1) is 5.92 Å². The molecular weight excluding hydrogens is 518 g/mol. The average molecular weight is 548 g/mol. The first-order valence-electron chi connectivity index (χ1n) is 13.7. The molecular formula is C31H29N7OS. The minimum atomic E-state index is 0.0739. The summed E-state index contributed by atoms with van der Waals surface area (Å²) < 4.78 is 0. The number of aromatic nitrogens is 6. The third kappa shape index (κ3) is 4.71. The lowest BCUT2D eigenvalue weighted by Crippen LogP contribution is -2.20. The van der Waals surface area contributed by atoms with Gasteiger partial charge in [0.2, 0.25) is 0 Å². The number of carbonyl (C=O) groups excluding carboxylic acids is 1. The fourth-order valence-corrected chi connectivity index (χ4v) is 6.62. The lowest BCUT2D eigenvalue weighted by molar-refractivity contribution is 0.102. The second kappa shape index (κ2) is 10.4. The van der Waals surface area contributed by atoms with Crippen molar-refractivity contribution < 1.29 is 4.79 Å². The van der Waals surface area contributed by atoms with Crippen molar-refractivity contribution in [1.82, 2.24) is 35.5 Å². The largest absolute Gasteiger partial charge is 0.338 e. The molecule has 0 saturated heterocycles. The molecule has 40 heavy (non-hydrogen) atoms. The number of carbonyl (C=O) groups is 1. The minimum Gasteiger partial charge on any atom is -0.338 e. The highest BCUT2D eigenvalue weighted by Gasteiger charge is 2.17. The Balaban J connectivity index is 1.20. The van der Waals surface area contributed by atoms with Crippen LogP contribution in [-0.4, -0.2) is 42.5 Å². The smallest absolute Gasteiger partial charge is 0.169 e. The molecule has 200 valence electrons. The van der Waals surface area contributed by atoms with E-state index in [-0.39, 0.29) is 5.78 Å². The summed E-state index contributed by atoms with van der Waals surface area (Å²) in [4.78, 5) is 30.8. The van der Waals surface area contributed by atoms with E-state index in [1.807, 2.05) is 36.8 Å². The monoisotopic (exact) mass is 547 g/mol. The molecule has 1 aliphatic rings. The highest BCUT2D eigenvalue weighted by molar-refractivity contribution is 7.17. The molecule has 3 N–H and O–H groups in total. The van der Waals surface area contributed by atoms with Gasteiger partial charge >= 0.3 is 0 Å². The van der Waals surface area contributed by atoms with E-state index in [2.05, 4.69) is 48.7 Å². The molecule has 9 heteroatoms. The number of nitrogens with zero attached hydrogens (tertiary/aromatic N) is 4. The average Bonchev–Trinajstić information content (AvgIpc) is 3.78. The fraction of sp³-hybridized carbons (Fsp3) is 0.258. The molecule has 0 bridgehead atoms. The van der Waals surface area contributed by atoms with Gasteiger partial charge in [-0.15, -0.1) is 11.3 Å². The predicted octanol–water partition coefficient (Wildman–Crippen LogP) is 6.77. The number of H-pyrrole nitrogens is 2. The standard InChI is InChI=1S/C31H29N7OS/c1-18(39)28-6-7-29(40-28)22-8-9-34-31-23(22)11-26(36-31)30-24-12-25(35-17-27(24)37-38-30)21-10-20(15-33-16-21)14-32-13-19-4-2-3-5-19/h6-12,15-17,19,32H,2-5,13-14H2,1H3,(H,34,36)(H,37,38). The van der Waals surface area contributed by atoms with Crippen LogP contribution in [0.15, 0.2) is 61.2 Å². The van der Waals surface area contributed by atoms with Crippen LogP contribution in [0.2, 0.25) is 0 Å². The zero-order chi connectivity index (χ0) is 27.1. The molecule has 0 radical (unpaired) electrons. The summed E-state index contributed by atoms with van der Waals surface area (Å²) in [6.07, 6.45) is 12.8. The van der Waals surface area contributed by atoms with Crippen LogP contribution in [-0.2, 0) is 6.54 Å². The Kier molecular flexibility index (Phi) is 6.45. The first kappa shape index (κ1) is 24.8. The van der Waals surface area contributed by atoms with Gasteiger partial charge in [0.25, 0.3) is 0 Å². The highest BCUT2D eigenvalue weighted by atomic mass is 32.1. The maximum Gasteiger partial charge on any atom is 0.169 e. The van der Waals surface area contributed by atoms with Crippen LogP contribution in [0.3, 0.4) is 0 Å². The van der Waals surface area contributed by atoms with E-state index >= 15 is 0 Å². The number of nitrogens with one attached hydrogen (secondary N) is 3. The first-order valence-corrected chi connectivity index (χ1v) is 14.5. The van der Waals surface area contributed by atoms with Gasteiger partial charge < -0.3 is 10.3 Å². The molecule has 7 rings (SSSR count). The Labute approximate surface area is 235 Å². The van der Waals surface area contributed by atoms with Crippen molar-refractivity contribution >= 4 is 39.1 Å². The van der Waals surface area contributed by atoms with E-state index in [4.69, 9.17) is 4.98 Å². The maximum absolute atomic E-state index is 11.9. The number of rotatable bonds is 8. The van der Waals surface area contributed by atoms with Crippen LogP contribution < -0.4 is 5.32 Å². The maximum atomic E-state index is 11.9. The number of ketones is 1. The van der Waals surface area contributed by atoms with Crippen molar-refractivity contribution in [3.8, 4) is 33.1 Å². The minimum absolute atomic E-state index is 0.0739. The van der Waals surface area contributed by atoms with Crippen LogP contribution >= 0.6 is 11.3 Å². The van der Waals surface area contributed by atoms with E-state index in [0.29, 0.717) is 0 Å². The summed E-state index contributed by atoms with van der Waals surface area (Å²) in [7, 11) is 0. The van der Waals surface area contributed by atoms with E-state index in [0.717, 1.165) is 84.5 Å². The molecule has 1 saturated carbocycles. The summed E-state index contributed by atoms with van der Waals surface area (Å²) in [6, 6.07) is 12.2. The van der Waals surface area contributed by atoms with Crippen LogP contribution in [0.5, 0.6) is 0 Å². The van der Waals surface area contributed by atoms with Gasteiger partial charge in [0.1, 0.15) is 11.3 Å². The van der Waals surface area contributed by atoms with Crippen LogP contribution in [0.1, 0.15) is 47.8 Å². The molecule has 6 heterocycles. The summed E-state index contributed by atoms with van der Waals surface area (Å²) in [5.41, 5.74) is 7.33. The first-order chi connectivity index (χ1) is 19.6. The summed E-state index contributed by atoms with van der Waals surface area (Å²) in [6.45, 7) is 3.47. The lowest BCUT2D eigenvalue weighted by atomic mass is 10.1. The zero-order valence-corrected chi connectivity index (χ0v) is 23.0. The second-order valence-electron chi connectivity index (χ2n) is 10.6. The fourth-order valence-electron chi connectivity index (χ4n) is 5.68. The van der Waals surface area contributed by atoms with E-state index in [1.165, 1.54) is 37.0 Å². The van der Waals surface area contributed by atoms with Gasteiger partial charge in [-0.3, -0.25) is 19.9 Å². The molecule has 1 fully saturated rings. The molecule has 0 aromatic carbocycles. The Morgan fingerprint density at radius 1 is 1.05 bits per heavy atom. The number of thiophene rings is 1. The van der Waals surface area contributed by atoms with Gasteiger partial charge in [-0.1, -0.05) is 12.8 Å². The van der Waals surface area contributed by atoms with Gasteiger partial charge in [0.05, 0.1) is 28.0 Å². The SMILES string of the molecule is CC(=O)c1ccc(-c2ccnc3[nH]c(-c4n[nH]c5cnc(-c6cncc(CNCC7CCCC7)c6)cc45)cc23)s1. The molecule has 0 aliphatic heterocycles. The van der Waals surface area contributed by atoms with Gasteiger partial charge in [-0.2, -0.15) is 5.10 Å². The van der Waals surface area contributed by atoms with Crippen LogP contribution in [0.25, 0.3) is 55.0 Å². The van der Waals surface area contributed by atoms with Gasteiger partial charge in [-0.05, 0) is 74.2 Å². The molecule has 0 amide bonds. The van der Waals surface area contributed by atoms with Crippen molar-refractivity contribution in [1.29, 1.82) is 0 Å². The Morgan fingerprint density at radius 2 is 1.95 bits per heavy atom. The molecule has 6 aromatic rings. The van der Waals surface area contributed by atoms with Gasteiger partial charge in [0.15, 0.2) is 5.78 Å². The Bertz CT molecular complexity index is 1840. The lowest BCUT2D eigenvalue weighted by Gasteiger charge is -2.11.